The van der Waals surface area contributed by atoms with Gasteiger partial charge in [-0.15, -0.1) is 0 Å². The number of amides is 2. The SMILES string of the molecule is N#Cc1cc2ncnn2cc1-c1cc(NC(=O)c2cc(F)cc(C(F)(F)F)c2)c2c(c1)C(=O)NC2c1cc(F)ccc1Cl. The van der Waals surface area contributed by atoms with Gasteiger partial charge in [0.1, 0.15) is 18.0 Å². The van der Waals surface area contributed by atoms with E-state index in [9.17, 15) is 36.8 Å². The molecule has 8 nitrogen and oxygen atoms in total. The second-order valence-corrected chi connectivity index (χ2v) is 9.92. The van der Waals surface area contributed by atoms with Gasteiger partial charge in [-0.3, -0.25) is 9.59 Å². The zero-order valence-corrected chi connectivity index (χ0v) is 22.1. The Balaban J connectivity index is 1.55. The third-order valence-corrected chi connectivity index (χ3v) is 7.18. The lowest BCUT2D eigenvalue weighted by atomic mass is 9.92. The first-order valence-electron chi connectivity index (χ1n) is 12.3. The number of pyridine rings is 1. The Kier molecular flexibility index (Phi) is 6.58. The number of carbonyl (C=O) groups is 2. The second kappa shape index (κ2) is 10.2. The molecule has 0 fully saturated rings. The van der Waals surface area contributed by atoms with E-state index in [4.69, 9.17) is 11.6 Å². The molecule has 3 heterocycles. The van der Waals surface area contributed by atoms with Gasteiger partial charge in [-0.2, -0.15) is 23.5 Å². The molecule has 214 valence electrons. The van der Waals surface area contributed by atoms with E-state index in [0.717, 1.165) is 12.1 Å². The van der Waals surface area contributed by atoms with E-state index in [1.54, 1.807) is 0 Å². The number of alkyl halides is 3. The van der Waals surface area contributed by atoms with Gasteiger partial charge in [0.05, 0.1) is 23.2 Å². The lowest BCUT2D eigenvalue weighted by molar-refractivity contribution is -0.137. The number of carbonyl (C=O) groups excluding carboxylic acids is 2. The molecule has 0 saturated carbocycles. The van der Waals surface area contributed by atoms with Crippen LogP contribution in [0.15, 0.2) is 67.1 Å². The summed E-state index contributed by atoms with van der Waals surface area (Å²) in [6.07, 6.45) is -2.19. The van der Waals surface area contributed by atoms with Crippen LogP contribution in [0.4, 0.5) is 27.6 Å². The number of halogens is 6. The lowest BCUT2D eigenvalue weighted by Gasteiger charge is -2.19. The van der Waals surface area contributed by atoms with Gasteiger partial charge in [-0.1, -0.05) is 11.6 Å². The van der Waals surface area contributed by atoms with E-state index in [-0.39, 0.29) is 50.2 Å². The lowest BCUT2D eigenvalue weighted by Crippen LogP contribution is -2.21. The molecule has 0 saturated heterocycles. The monoisotopic (exact) mass is 608 g/mol. The van der Waals surface area contributed by atoms with Crippen molar-refractivity contribution >= 4 is 34.7 Å². The minimum Gasteiger partial charge on any atom is -0.341 e. The van der Waals surface area contributed by atoms with Crippen LogP contribution in [-0.4, -0.2) is 26.4 Å². The van der Waals surface area contributed by atoms with E-state index in [1.807, 2.05) is 6.07 Å². The molecule has 0 aliphatic carbocycles. The average Bonchev–Trinajstić information content (AvgIpc) is 3.56. The summed E-state index contributed by atoms with van der Waals surface area (Å²) < 4.78 is 69.8. The van der Waals surface area contributed by atoms with Crippen LogP contribution in [0.3, 0.4) is 0 Å². The molecule has 6 rings (SSSR count). The molecule has 2 N–H and O–H groups in total. The number of anilines is 1. The Hall–Kier alpha value is -5.35. The number of aromatic nitrogens is 3. The van der Waals surface area contributed by atoms with Gasteiger partial charge < -0.3 is 10.6 Å². The van der Waals surface area contributed by atoms with Crippen molar-refractivity contribution in [1.82, 2.24) is 19.9 Å². The summed E-state index contributed by atoms with van der Waals surface area (Å²) >= 11 is 6.33. The Labute approximate surface area is 243 Å². The largest absolute Gasteiger partial charge is 0.416 e. The van der Waals surface area contributed by atoms with Crippen molar-refractivity contribution in [3.63, 3.8) is 0 Å². The number of rotatable bonds is 4. The molecule has 14 heteroatoms. The first-order chi connectivity index (χ1) is 20.4. The van der Waals surface area contributed by atoms with Gasteiger partial charge in [0, 0.05) is 50.8 Å². The van der Waals surface area contributed by atoms with Gasteiger partial charge in [0.2, 0.25) is 0 Å². The van der Waals surface area contributed by atoms with Gasteiger partial charge in [0.15, 0.2) is 5.65 Å². The highest BCUT2D eigenvalue weighted by Gasteiger charge is 2.36. The second-order valence-electron chi connectivity index (χ2n) is 9.51. The minimum absolute atomic E-state index is 0.0101. The molecule has 2 amide bonds. The van der Waals surface area contributed by atoms with E-state index < -0.39 is 46.8 Å². The van der Waals surface area contributed by atoms with Crippen LogP contribution in [0.25, 0.3) is 16.8 Å². The number of hydrogen-bond acceptors (Lipinski definition) is 5. The maximum absolute atomic E-state index is 14.2. The van der Waals surface area contributed by atoms with Gasteiger partial charge in [0.25, 0.3) is 11.8 Å². The van der Waals surface area contributed by atoms with Crippen LogP contribution in [0.1, 0.15) is 49.0 Å². The van der Waals surface area contributed by atoms with Crippen molar-refractivity contribution < 1.29 is 31.5 Å². The fourth-order valence-electron chi connectivity index (χ4n) is 4.92. The van der Waals surface area contributed by atoms with Crippen LogP contribution >= 0.6 is 11.6 Å². The summed E-state index contributed by atoms with van der Waals surface area (Å²) in [5.41, 5.74) is -0.795. The van der Waals surface area contributed by atoms with Crippen molar-refractivity contribution in [2.75, 3.05) is 5.32 Å². The average molecular weight is 609 g/mol. The van der Waals surface area contributed by atoms with Gasteiger partial charge in [-0.05, 0) is 54.1 Å². The van der Waals surface area contributed by atoms with Gasteiger partial charge in [-0.25, -0.2) is 18.3 Å². The number of nitrogens with zero attached hydrogens (tertiary/aromatic N) is 4. The van der Waals surface area contributed by atoms with E-state index in [0.29, 0.717) is 17.8 Å². The maximum atomic E-state index is 14.2. The smallest absolute Gasteiger partial charge is 0.341 e. The highest BCUT2D eigenvalue weighted by atomic mass is 35.5. The Bertz CT molecular complexity index is 2030. The molecule has 43 heavy (non-hydrogen) atoms. The fraction of sp³-hybridized carbons (Fsp3) is 0.0690. The normalized spacial score (nSPS) is 14.3. The molecular formula is C29H14ClF5N6O2. The molecule has 0 radical (unpaired) electrons. The summed E-state index contributed by atoms with van der Waals surface area (Å²) in [5, 5.41) is 19.1. The predicted octanol–water partition coefficient (Wildman–Crippen LogP) is 6.30. The molecule has 3 aromatic carbocycles. The molecule has 1 atom stereocenters. The number of hydrogen-bond donors (Lipinski definition) is 2. The van der Waals surface area contributed by atoms with Crippen LogP contribution < -0.4 is 10.6 Å². The van der Waals surface area contributed by atoms with Crippen molar-refractivity contribution in [3.8, 4) is 17.2 Å². The summed E-state index contributed by atoms with van der Waals surface area (Å²) in [5.74, 6) is -3.72. The van der Waals surface area contributed by atoms with Crippen molar-refractivity contribution in [3.05, 3.63) is 117 Å². The number of nitriles is 1. The topological polar surface area (TPSA) is 112 Å². The molecule has 5 aromatic rings. The van der Waals surface area contributed by atoms with Crippen LogP contribution in [-0.2, 0) is 6.18 Å². The third kappa shape index (κ3) is 5.02. The fourth-order valence-corrected chi connectivity index (χ4v) is 5.15. The summed E-state index contributed by atoms with van der Waals surface area (Å²) in [7, 11) is 0. The first kappa shape index (κ1) is 27.8. The zero-order valence-electron chi connectivity index (χ0n) is 21.3. The first-order valence-corrected chi connectivity index (χ1v) is 12.7. The molecule has 1 unspecified atom stereocenters. The quantitative estimate of drug-likeness (QED) is 0.233. The molecule has 1 aliphatic heterocycles. The highest BCUT2D eigenvalue weighted by Crippen LogP contribution is 2.42. The number of fused-ring (bicyclic) bond motifs is 2. The maximum Gasteiger partial charge on any atom is 0.416 e. The predicted molar refractivity (Wildman–Crippen MR) is 143 cm³/mol. The van der Waals surface area contributed by atoms with Crippen molar-refractivity contribution in [2.45, 2.75) is 12.2 Å². The van der Waals surface area contributed by atoms with Gasteiger partial charge >= 0.3 is 6.18 Å². The number of nitrogens with one attached hydrogen (secondary N) is 2. The molecule has 2 aromatic heterocycles. The Morgan fingerprint density at radius 3 is 2.58 bits per heavy atom. The molecule has 0 bridgehead atoms. The minimum atomic E-state index is -4.93. The van der Waals surface area contributed by atoms with E-state index in [2.05, 4.69) is 20.7 Å². The van der Waals surface area contributed by atoms with E-state index in [1.165, 1.54) is 41.3 Å². The van der Waals surface area contributed by atoms with Crippen molar-refractivity contribution in [2.24, 2.45) is 0 Å². The number of benzene rings is 3. The standard InChI is InChI=1S/C29H14ClF5N6O2/c30-22-2-1-17(31)9-19(22)26-25-20(28(43)40-26)5-13(21-11-41-24(37-12-38-41)7-15(21)10-36)6-23(25)39-27(42)14-3-16(29(33,34)35)8-18(32)4-14/h1-9,11-12,26H,(H,39,42)(H,40,43). The molecule has 1 aliphatic rings. The van der Waals surface area contributed by atoms with Crippen LogP contribution in [0.2, 0.25) is 5.02 Å². The summed E-state index contributed by atoms with van der Waals surface area (Å²) in [4.78, 5) is 30.6. The highest BCUT2D eigenvalue weighted by molar-refractivity contribution is 6.31. The zero-order chi connectivity index (χ0) is 30.6. The third-order valence-electron chi connectivity index (χ3n) is 6.84. The van der Waals surface area contributed by atoms with Crippen molar-refractivity contribution in [1.29, 1.82) is 5.26 Å². The molecular weight excluding hydrogens is 595 g/mol. The summed E-state index contributed by atoms with van der Waals surface area (Å²) in [6, 6.07) is 10.1. The molecule has 0 spiro atoms. The van der Waals surface area contributed by atoms with Crippen LogP contribution in [0, 0.1) is 23.0 Å². The Morgan fingerprint density at radius 2 is 1.84 bits per heavy atom. The van der Waals surface area contributed by atoms with Crippen LogP contribution in [0.5, 0.6) is 0 Å². The van der Waals surface area contributed by atoms with E-state index >= 15 is 0 Å². The summed E-state index contributed by atoms with van der Waals surface area (Å²) in [6.45, 7) is 0. The Morgan fingerprint density at radius 1 is 1.05 bits per heavy atom.